The van der Waals surface area contributed by atoms with Gasteiger partial charge in [-0.2, -0.15) is 0 Å². The maximum absolute atomic E-state index is 14.9. The van der Waals surface area contributed by atoms with Crippen LogP contribution >= 0.6 is 0 Å². The normalized spacial score (nSPS) is 11.8. The van der Waals surface area contributed by atoms with Crippen molar-refractivity contribution in [2.24, 2.45) is 0 Å². The SMILES string of the molecule is Fc1c(F)c(F)c(C(c2c[nH]c3ccccc23)c2c[nH]c3ccccc23)c(F)c1F. The number of aromatic nitrogens is 2. The second kappa shape index (κ2) is 6.73. The van der Waals surface area contributed by atoms with Crippen LogP contribution in [0.2, 0.25) is 0 Å². The van der Waals surface area contributed by atoms with Gasteiger partial charge in [-0.05, 0) is 23.3 Å². The number of benzene rings is 3. The molecule has 30 heavy (non-hydrogen) atoms. The van der Waals surface area contributed by atoms with E-state index in [-0.39, 0.29) is 0 Å². The van der Waals surface area contributed by atoms with E-state index in [0.29, 0.717) is 32.9 Å². The highest BCUT2D eigenvalue weighted by Gasteiger charge is 2.34. The van der Waals surface area contributed by atoms with Gasteiger partial charge in [0, 0.05) is 45.7 Å². The monoisotopic (exact) mass is 412 g/mol. The molecule has 0 radical (unpaired) electrons. The van der Waals surface area contributed by atoms with E-state index in [2.05, 4.69) is 9.97 Å². The van der Waals surface area contributed by atoms with Crippen LogP contribution in [-0.2, 0) is 0 Å². The Morgan fingerprint density at radius 3 is 1.40 bits per heavy atom. The Morgan fingerprint density at radius 1 is 0.533 bits per heavy atom. The van der Waals surface area contributed by atoms with E-state index in [0.717, 1.165) is 0 Å². The Bertz CT molecular complexity index is 1310. The Hall–Kier alpha value is -3.61. The van der Waals surface area contributed by atoms with E-state index in [1.165, 1.54) is 12.4 Å². The molecule has 0 aliphatic carbocycles. The van der Waals surface area contributed by atoms with E-state index in [4.69, 9.17) is 0 Å². The van der Waals surface area contributed by atoms with Gasteiger partial charge in [-0.15, -0.1) is 0 Å². The summed E-state index contributed by atoms with van der Waals surface area (Å²) in [4.78, 5) is 6.02. The number of aromatic amines is 2. The van der Waals surface area contributed by atoms with Crippen LogP contribution in [0.5, 0.6) is 0 Å². The van der Waals surface area contributed by atoms with Gasteiger partial charge < -0.3 is 9.97 Å². The summed E-state index contributed by atoms with van der Waals surface area (Å²) in [6.45, 7) is 0. The average Bonchev–Trinajstić information content (AvgIpc) is 3.39. The van der Waals surface area contributed by atoms with E-state index < -0.39 is 40.6 Å². The van der Waals surface area contributed by atoms with Crippen LogP contribution in [0.1, 0.15) is 22.6 Å². The first kappa shape index (κ1) is 18.4. The van der Waals surface area contributed by atoms with Gasteiger partial charge >= 0.3 is 0 Å². The molecule has 5 aromatic rings. The largest absolute Gasteiger partial charge is 0.361 e. The smallest absolute Gasteiger partial charge is 0.200 e. The van der Waals surface area contributed by atoms with Gasteiger partial charge in [-0.1, -0.05) is 36.4 Å². The Kier molecular flexibility index (Phi) is 4.13. The third-order valence-electron chi connectivity index (χ3n) is 5.40. The standard InChI is InChI=1S/C23H13F5N2/c24-19-18(20(25)22(27)23(28)21(19)26)17(13-9-29-15-7-3-1-5-11(13)15)14-10-30-16-8-4-2-6-12(14)16/h1-10,17,29-30H. The predicted octanol–water partition coefficient (Wildman–Crippen LogP) is 6.52. The second-order valence-electron chi connectivity index (χ2n) is 7.00. The lowest BCUT2D eigenvalue weighted by atomic mass is 9.84. The number of hydrogen-bond acceptors (Lipinski definition) is 0. The molecular weight excluding hydrogens is 399 g/mol. The summed E-state index contributed by atoms with van der Waals surface area (Å²) < 4.78 is 71.7. The van der Waals surface area contributed by atoms with Crippen molar-refractivity contribution in [2.75, 3.05) is 0 Å². The zero-order valence-electron chi connectivity index (χ0n) is 15.2. The highest BCUT2D eigenvalue weighted by molar-refractivity contribution is 5.89. The van der Waals surface area contributed by atoms with Crippen LogP contribution in [0.15, 0.2) is 60.9 Å². The summed E-state index contributed by atoms with van der Waals surface area (Å²) in [7, 11) is 0. The number of hydrogen-bond donors (Lipinski definition) is 2. The van der Waals surface area contributed by atoms with Crippen LogP contribution < -0.4 is 0 Å². The number of H-pyrrole nitrogens is 2. The topological polar surface area (TPSA) is 31.6 Å². The predicted molar refractivity (Wildman–Crippen MR) is 104 cm³/mol. The zero-order valence-corrected chi connectivity index (χ0v) is 15.2. The van der Waals surface area contributed by atoms with Gasteiger partial charge in [0.05, 0.1) is 0 Å². The third-order valence-corrected chi connectivity index (χ3v) is 5.40. The maximum Gasteiger partial charge on any atom is 0.200 e. The summed E-state index contributed by atoms with van der Waals surface area (Å²) in [5.74, 6) is -11.0. The summed E-state index contributed by atoms with van der Waals surface area (Å²) in [5.41, 5.74) is 1.28. The molecule has 150 valence electrons. The van der Waals surface area contributed by atoms with Gasteiger partial charge in [0.2, 0.25) is 5.82 Å². The zero-order chi connectivity index (χ0) is 21.0. The Balaban J connectivity index is 1.90. The average molecular weight is 412 g/mol. The summed E-state index contributed by atoms with van der Waals surface area (Å²) in [5, 5.41) is 1.24. The Morgan fingerprint density at radius 2 is 0.933 bits per heavy atom. The molecule has 3 aromatic carbocycles. The molecule has 0 bridgehead atoms. The number of rotatable bonds is 3. The molecule has 2 heterocycles. The fourth-order valence-electron chi connectivity index (χ4n) is 4.02. The molecule has 0 atom stereocenters. The third kappa shape index (κ3) is 2.55. The van der Waals surface area contributed by atoms with Crippen molar-refractivity contribution in [3.8, 4) is 0 Å². The van der Waals surface area contributed by atoms with E-state index >= 15 is 0 Å². The molecule has 0 amide bonds. The van der Waals surface area contributed by atoms with Crippen LogP contribution in [0.4, 0.5) is 22.0 Å². The molecular formula is C23H13F5N2. The van der Waals surface area contributed by atoms with Crippen LogP contribution in [-0.4, -0.2) is 9.97 Å². The van der Waals surface area contributed by atoms with Crippen LogP contribution in [0, 0.1) is 29.1 Å². The first-order chi connectivity index (χ1) is 14.5. The molecule has 5 rings (SSSR count). The molecule has 0 fully saturated rings. The number of fused-ring (bicyclic) bond motifs is 2. The quantitative estimate of drug-likeness (QED) is 0.192. The minimum absolute atomic E-state index is 0.401. The molecule has 0 saturated carbocycles. The molecule has 0 aliphatic rings. The fourth-order valence-corrected chi connectivity index (χ4v) is 4.02. The lowest BCUT2D eigenvalue weighted by Gasteiger charge is -2.19. The summed E-state index contributed by atoms with van der Waals surface area (Å²) in [6, 6.07) is 14.0. The maximum atomic E-state index is 14.9. The van der Waals surface area contributed by atoms with Crippen molar-refractivity contribution >= 4 is 21.8 Å². The summed E-state index contributed by atoms with van der Waals surface area (Å²) in [6.07, 6.45) is 3.07. The van der Waals surface area contributed by atoms with E-state index in [1.807, 2.05) is 0 Å². The van der Waals surface area contributed by atoms with Gasteiger partial charge in [-0.25, -0.2) is 22.0 Å². The van der Waals surface area contributed by atoms with Crippen molar-refractivity contribution in [1.82, 2.24) is 9.97 Å². The van der Waals surface area contributed by atoms with Crippen LogP contribution in [0.3, 0.4) is 0 Å². The number of para-hydroxylation sites is 2. The van der Waals surface area contributed by atoms with Gasteiger partial charge in [-0.3, -0.25) is 0 Å². The van der Waals surface area contributed by atoms with Crippen molar-refractivity contribution in [3.63, 3.8) is 0 Å². The van der Waals surface area contributed by atoms with Gasteiger partial charge in [0.15, 0.2) is 23.3 Å². The lowest BCUT2D eigenvalue weighted by molar-refractivity contribution is 0.369. The molecule has 7 heteroatoms. The van der Waals surface area contributed by atoms with E-state index in [1.54, 1.807) is 48.5 Å². The Labute approximate surface area is 167 Å². The van der Waals surface area contributed by atoms with Crippen molar-refractivity contribution in [1.29, 1.82) is 0 Å². The van der Waals surface area contributed by atoms with Crippen molar-refractivity contribution in [3.05, 3.63) is 107 Å². The molecule has 2 nitrogen and oxygen atoms in total. The summed E-state index contributed by atoms with van der Waals surface area (Å²) >= 11 is 0. The molecule has 0 unspecified atom stereocenters. The minimum atomic E-state index is -2.18. The van der Waals surface area contributed by atoms with E-state index in [9.17, 15) is 22.0 Å². The van der Waals surface area contributed by atoms with Gasteiger partial charge in [0.1, 0.15) is 0 Å². The molecule has 0 spiro atoms. The second-order valence-corrected chi connectivity index (χ2v) is 7.00. The minimum Gasteiger partial charge on any atom is -0.361 e. The van der Waals surface area contributed by atoms with Crippen LogP contribution in [0.25, 0.3) is 21.8 Å². The molecule has 2 N–H and O–H groups in total. The molecule has 0 aliphatic heterocycles. The van der Waals surface area contributed by atoms with Gasteiger partial charge in [0.25, 0.3) is 0 Å². The molecule has 0 saturated heterocycles. The van der Waals surface area contributed by atoms with Crippen molar-refractivity contribution in [2.45, 2.75) is 5.92 Å². The first-order valence-electron chi connectivity index (χ1n) is 9.12. The number of halogens is 5. The first-order valence-corrected chi connectivity index (χ1v) is 9.12. The lowest BCUT2D eigenvalue weighted by Crippen LogP contribution is -2.13. The van der Waals surface area contributed by atoms with Crippen molar-refractivity contribution < 1.29 is 22.0 Å². The highest BCUT2D eigenvalue weighted by atomic mass is 19.2. The fraction of sp³-hybridized carbons (Fsp3) is 0.0435. The number of nitrogens with one attached hydrogen (secondary N) is 2. The molecule has 2 aromatic heterocycles. The highest BCUT2D eigenvalue weighted by Crippen LogP contribution is 2.42.